The van der Waals surface area contributed by atoms with Crippen molar-refractivity contribution in [2.75, 3.05) is 7.11 Å². The van der Waals surface area contributed by atoms with Crippen molar-refractivity contribution in [3.8, 4) is 5.75 Å². The summed E-state index contributed by atoms with van der Waals surface area (Å²) in [6.45, 7) is 1.97. The molecule has 0 bridgehead atoms. The molecule has 0 atom stereocenters. The van der Waals surface area contributed by atoms with Crippen LogP contribution >= 0.6 is 11.3 Å². The monoisotopic (exact) mass is 272 g/mol. The Kier molecular flexibility index (Phi) is 2.87. The molecule has 0 N–H and O–H groups in total. The van der Waals surface area contributed by atoms with E-state index in [0.29, 0.717) is 16.4 Å². The van der Waals surface area contributed by atoms with Crippen molar-refractivity contribution >= 4 is 28.1 Å². The third-order valence-electron chi connectivity index (χ3n) is 3.00. The van der Waals surface area contributed by atoms with E-state index in [4.69, 9.17) is 9.15 Å². The van der Waals surface area contributed by atoms with E-state index < -0.39 is 0 Å². The van der Waals surface area contributed by atoms with Crippen LogP contribution in [-0.4, -0.2) is 12.9 Å². The fraction of sp³-hybridized carbons (Fsp3) is 0.133. The molecule has 3 rings (SSSR count). The normalized spacial score (nSPS) is 10.8. The Hall–Kier alpha value is -2.07. The zero-order chi connectivity index (χ0) is 13.4. The van der Waals surface area contributed by atoms with E-state index in [2.05, 4.69) is 0 Å². The van der Waals surface area contributed by atoms with Gasteiger partial charge in [0.1, 0.15) is 11.3 Å². The van der Waals surface area contributed by atoms with Gasteiger partial charge in [0.2, 0.25) is 5.78 Å². The lowest BCUT2D eigenvalue weighted by Gasteiger charge is -1.93. The first-order valence-electron chi connectivity index (χ1n) is 5.85. The Morgan fingerprint density at radius 3 is 2.84 bits per heavy atom. The maximum Gasteiger partial charge on any atom is 0.238 e. The second-order valence-corrected chi connectivity index (χ2v) is 5.20. The van der Waals surface area contributed by atoms with Gasteiger partial charge in [-0.15, -0.1) is 11.3 Å². The van der Waals surface area contributed by atoms with Crippen molar-refractivity contribution < 1.29 is 13.9 Å². The third-order valence-corrected chi connectivity index (χ3v) is 3.91. The molecule has 96 valence electrons. The minimum Gasteiger partial charge on any atom is -0.496 e. The van der Waals surface area contributed by atoms with Crippen molar-refractivity contribution in [3.63, 3.8) is 0 Å². The number of benzene rings is 1. The largest absolute Gasteiger partial charge is 0.496 e. The number of furan rings is 1. The van der Waals surface area contributed by atoms with E-state index in [1.165, 1.54) is 11.3 Å². The molecule has 3 nitrogen and oxygen atoms in total. The highest BCUT2D eigenvalue weighted by Gasteiger charge is 2.17. The van der Waals surface area contributed by atoms with Gasteiger partial charge in [0.25, 0.3) is 0 Å². The molecule has 0 radical (unpaired) electrons. The Bertz CT molecular complexity index is 752. The molecule has 0 amide bonds. The first-order valence-corrected chi connectivity index (χ1v) is 6.73. The summed E-state index contributed by atoms with van der Waals surface area (Å²) in [5.41, 5.74) is 1.80. The minimum absolute atomic E-state index is 0.107. The lowest BCUT2D eigenvalue weighted by atomic mass is 10.1. The van der Waals surface area contributed by atoms with Crippen LogP contribution in [0.25, 0.3) is 11.0 Å². The highest BCUT2D eigenvalue weighted by atomic mass is 32.1. The van der Waals surface area contributed by atoms with Crippen LogP contribution in [0.15, 0.2) is 40.1 Å². The van der Waals surface area contributed by atoms with E-state index in [9.17, 15) is 4.79 Å². The van der Waals surface area contributed by atoms with Crippen LogP contribution in [0.5, 0.6) is 5.75 Å². The van der Waals surface area contributed by atoms with Crippen molar-refractivity contribution in [3.05, 3.63) is 51.9 Å². The van der Waals surface area contributed by atoms with Crippen molar-refractivity contribution in [2.24, 2.45) is 0 Å². The number of thiophene rings is 1. The van der Waals surface area contributed by atoms with E-state index in [1.807, 2.05) is 25.1 Å². The molecule has 0 saturated heterocycles. The van der Waals surface area contributed by atoms with Crippen molar-refractivity contribution in [1.29, 1.82) is 0 Å². The molecule has 0 saturated carbocycles. The van der Waals surface area contributed by atoms with Crippen molar-refractivity contribution in [1.82, 2.24) is 0 Å². The lowest BCUT2D eigenvalue weighted by molar-refractivity contribution is 0.101. The Balaban J connectivity index is 2.04. The molecule has 2 aromatic heterocycles. The number of hydrogen-bond donors (Lipinski definition) is 0. The van der Waals surface area contributed by atoms with Gasteiger partial charge in [-0.25, -0.2) is 0 Å². The summed E-state index contributed by atoms with van der Waals surface area (Å²) < 4.78 is 10.8. The number of carbonyl (C=O) groups excluding carboxylic acids is 1. The van der Waals surface area contributed by atoms with E-state index >= 15 is 0 Å². The van der Waals surface area contributed by atoms with Gasteiger partial charge in [0.15, 0.2) is 5.76 Å². The number of para-hydroxylation sites is 1. The molecule has 0 aliphatic rings. The number of fused-ring (bicyclic) bond motifs is 1. The molecule has 0 aliphatic carbocycles. The standard InChI is InChI=1S/C15H12O3S/c1-9-4-3-5-10-6-12(18-15(9)10)14(16)13-7-11(17-2)8-19-13/h3-8H,1-2H3. The molecule has 19 heavy (non-hydrogen) atoms. The van der Waals surface area contributed by atoms with Crippen LogP contribution in [0.2, 0.25) is 0 Å². The zero-order valence-electron chi connectivity index (χ0n) is 10.6. The highest BCUT2D eigenvalue weighted by molar-refractivity contribution is 7.12. The quantitative estimate of drug-likeness (QED) is 0.675. The van der Waals surface area contributed by atoms with Crippen LogP contribution < -0.4 is 4.74 Å². The summed E-state index contributed by atoms with van der Waals surface area (Å²) in [5, 5.41) is 2.76. The molecule has 0 unspecified atom stereocenters. The predicted octanol–water partition coefficient (Wildman–Crippen LogP) is 4.04. The number of aryl methyl sites for hydroxylation is 1. The Morgan fingerprint density at radius 1 is 1.32 bits per heavy atom. The molecule has 0 aliphatic heterocycles. The molecule has 1 aromatic carbocycles. The van der Waals surface area contributed by atoms with Crippen LogP contribution in [0.4, 0.5) is 0 Å². The van der Waals surface area contributed by atoms with Crippen LogP contribution in [0.1, 0.15) is 21.0 Å². The first-order chi connectivity index (χ1) is 9.19. The van der Waals surface area contributed by atoms with Crippen LogP contribution in [-0.2, 0) is 0 Å². The van der Waals surface area contributed by atoms with E-state index in [-0.39, 0.29) is 5.78 Å². The second kappa shape index (κ2) is 4.55. The summed E-state index contributed by atoms with van der Waals surface area (Å²) in [6, 6.07) is 9.38. The number of ether oxygens (including phenoxy) is 1. The van der Waals surface area contributed by atoms with Gasteiger partial charge in [-0.2, -0.15) is 0 Å². The van der Waals surface area contributed by atoms with Gasteiger partial charge in [0.05, 0.1) is 12.0 Å². The van der Waals surface area contributed by atoms with Gasteiger partial charge in [-0.3, -0.25) is 4.79 Å². The summed E-state index contributed by atoms with van der Waals surface area (Å²) in [6.07, 6.45) is 0. The lowest BCUT2D eigenvalue weighted by Crippen LogP contribution is -1.95. The Morgan fingerprint density at radius 2 is 2.16 bits per heavy atom. The number of carbonyl (C=O) groups is 1. The average molecular weight is 272 g/mol. The summed E-state index contributed by atoms with van der Waals surface area (Å²) in [4.78, 5) is 12.9. The molecule has 0 spiro atoms. The second-order valence-electron chi connectivity index (χ2n) is 4.28. The number of rotatable bonds is 3. The molecule has 0 fully saturated rings. The van der Waals surface area contributed by atoms with Crippen LogP contribution in [0, 0.1) is 6.92 Å². The topological polar surface area (TPSA) is 39.4 Å². The summed E-state index contributed by atoms with van der Waals surface area (Å²) in [7, 11) is 1.58. The average Bonchev–Trinajstić information content (AvgIpc) is 3.05. The third kappa shape index (κ3) is 2.04. The maximum atomic E-state index is 12.3. The smallest absolute Gasteiger partial charge is 0.238 e. The van der Waals surface area contributed by atoms with E-state index in [1.54, 1.807) is 24.6 Å². The molecule has 3 aromatic rings. The fourth-order valence-corrected chi connectivity index (χ4v) is 2.79. The number of ketones is 1. The Labute approximate surface area is 114 Å². The van der Waals surface area contributed by atoms with Gasteiger partial charge in [-0.1, -0.05) is 18.2 Å². The van der Waals surface area contributed by atoms with Crippen molar-refractivity contribution in [2.45, 2.75) is 6.92 Å². The predicted molar refractivity (Wildman–Crippen MR) is 75.3 cm³/mol. The van der Waals surface area contributed by atoms with Crippen LogP contribution in [0.3, 0.4) is 0 Å². The van der Waals surface area contributed by atoms with Gasteiger partial charge < -0.3 is 9.15 Å². The number of methoxy groups -OCH3 is 1. The summed E-state index contributed by atoms with van der Waals surface area (Å²) in [5.74, 6) is 0.957. The molecular weight excluding hydrogens is 260 g/mol. The number of hydrogen-bond acceptors (Lipinski definition) is 4. The fourth-order valence-electron chi connectivity index (χ4n) is 1.99. The molecule has 2 heterocycles. The van der Waals surface area contributed by atoms with E-state index in [0.717, 1.165) is 16.5 Å². The zero-order valence-corrected chi connectivity index (χ0v) is 11.4. The minimum atomic E-state index is -0.107. The first kappa shape index (κ1) is 12.0. The molecular formula is C15H12O3S. The van der Waals surface area contributed by atoms with Gasteiger partial charge in [-0.05, 0) is 18.6 Å². The van der Waals surface area contributed by atoms with Gasteiger partial charge >= 0.3 is 0 Å². The SMILES string of the molecule is COc1csc(C(=O)c2cc3cccc(C)c3o2)c1. The maximum absolute atomic E-state index is 12.3. The highest BCUT2D eigenvalue weighted by Crippen LogP contribution is 2.28. The molecule has 4 heteroatoms. The van der Waals surface area contributed by atoms with Gasteiger partial charge in [0, 0.05) is 16.8 Å². The summed E-state index contributed by atoms with van der Waals surface area (Å²) >= 11 is 1.36.